The van der Waals surface area contributed by atoms with Gasteiger partial charge in [0.05, 0.1) is 6.04 Å². The van der Waals surface area contributed by atoms with Crippen molar-refractivity contribution in [1.29, 1.82) is 0 Å². The summed E-state index contributed by atoms with van der Waals surface area (Å²) in [6.07, 6.45) is 1.07. The number of aryl methyl sites for hydroxylation is 1. The predicted molar refractivity (Wildman–Crippen MR) is 92.6 cm³/mol. The number of carbonyl (C=O) groups is 1. The Labute approximate surface area is 157 Å². The van der Waals surface area contributed by atoms with E-state index in [9.17, 15) is 18.8 Å². The Morgan fingerprint density at radius 3 is 3.00 bits per heavy atom. The quantitative estimate of drug-likeness (QED) is 0.171. The standard InChI is InChI=1S/C16H17F2N5O3S/c1-8(24)19-6-7-27-16-14(22-26-23-16)15(21-25)20-11-5-3-9-2-4-10(17)13(18)12(9)11/h2,4,11,25H,3,5-7H2,1H3,(H,19,24)(H,20,21). The van der Waals surface area contributed by atoms with Gasteiger partial charge >= 0.3 is 0 Å². The highest BCUT2D eigenvalue weighted by Crippen LogP contribution is 2.34. The molecule has 0 aliphatic heterocycles. The van der Waals surface area contributed by atoms with Gasteiger partial charge in [-0.25, -0.2) is 13.4 Å². The molecule has 8 nitrogen and oxygen atoms in total. The number of rotatable bonds is 6. The first-order chi connectivity index (χ1) is 13.0. The molecule has 1 heterocycles. The fourth-order valence-corrected chi connectivity index (χ4v) is 3.65. The maximum Gasteiger partial charge on any atom is 0.216 e. The summed E-state index contributed by atoms with van der Waals surface area (Å²) in [5.41, 5.74) is 1.06. The Morgan fingerprint density at radius 1 is 1.44 bits per heavy atom. The topological polar surface area (TPSA) is 113 Å². The lowest BCUT2D eigenvalue weighted by Gasteiger charge is -2.16. The fraction of sp³-hybridized carbons (Fsp3) is 0.375. The van der Waals surface area contributed by atoms with E-state index in [0.29, 0.717) is 35.7 Å². The van der Waals surface area contributed by atoms with Crippen LogP contribution in [0, 0.1) is 11.6 Å². The summed E-state index contributed by atoms with van der Waals surface area (Å²) in [6, 6.07) is 2.07. The minimum Gasteiger partial charge on any atom is -0.409 e. The molecule has 3 N–H and O–H groups in total. The monoisotopic (exact) mass is 397 g/mol. The molecule has 1 aromatic heterocycles. The molecule has 0 fully saturated rings. The second-order valence-electron chi connectivity index (χ2n) is 5.87. The van der Waals surface area contributed by atoms with Gasteiger partial charge in [-0.2, -0.15) is 0 Å². The molecule has 1 aliphatic carbocycles. The van der Waals surface area contributed by atoms with Gasteiger partial charge in [-0.15, -0.1) is 0 Å². The molecule has 1 aromatic carbocycles. The molecule has 3 rings (SSSR count). The van der Waals surface area contributed by atoms with Gasteiger partial charge < -0.3 is 15.8 Å². The Hall–Kier alpha value is -2.69. The summed E-state index contributed by atoms with van der Waals surface area (Å²) in [7, 11) is 0. The molecule has 27 heavy (non-hydrogen) atoms. The van der Waals surface area contributed by atoms with Gasteiger partial charge in [0.1, 0.15) is 0 Å². The van der Waals surface area contributed by atoms with Gasteiger partial charge in [0.25, 0.3) is 0 Å². The van der Waals surface area contributed by atoms with Crippen LogP contribution in [0.1, 0.15) is 36.2 Å². The Balaban J connectivity index is 1.73. The van der Waals surface area contributed by atoms with Crippen LogP contribution in [0.2, 0.25) is 0 Å². The number of amidine groups is 1. The molecule has 11 heteroatoms. The summed E-state index contributed by atoms with van der Waals surface area (Å²) < 4.78 is 32.5. The molecular formula is C16H17F2N5O3S. The van der Waals surface area contributed by atoms with Crippen molar-refractivity contribution in [2.24, 2.45) is 5.16 Å². The van der Waals surface area contributed by atoms with Crippen LogP contribution in [0.4, 0.5) is 8.78 Å². The number of thioether (sulfide) groups is 1. The molecule has 144 valence electrons. The number of hydrogen-bond donors (Lipinski definition) is 3. The average Bonchev–Trinajstić information content (AvgIpc) is 3.27. The maximum atomic E-state index is 14.2. The minimum atomic E-state index is -0.928. The lowest BCUT2D eigenvalue weighted by molar-refractivity contribution is -0.118. The van der Waals surface area contributed by atoms with Crippen LogP contribution in [0.25, 0.3) is 0 Å². The van der Waals surface area contributed by atoms with E-state index in [4.69, 9.17) is 4.63 Å². The molecule has 1 unspecified atom stereocenters. The van der Waals surface area contributed by atoms with E-state index in [1.807, 2.05) is 0 Å². The highest BCUT2D eigenvalue weighted by molar-refractivity contribution is 7.99. The molecule has 0 bridgehead atoms. The average molecular weight is 397 g/mol. The van der Waals surface area contributed by atoms with Gasteiger partial charge in [0.2, 0.25) is 5.91 Å². The first-order valence-corrected chi connectivity index (χ1v) is 9.15. The Morgan fingerprint density at radius 2 is 2.26 bits per heavy atom. The summed E-state index contributed by atoms with van der Waals surface area (Å²) >= 11 is 1.24. The molecule has 0 saturated carbocycles. The van der Waals surface area contributed by atoms with Crippen molar-refractivity contribution in [3.63, 3.8) is 0 Å². The van der Waals surface area contributed by atoms with Crippen molar-refractivity contribution >= 4 is 23.5 Å². The van der Waals surface area contributed by atoms with E-state index >= 15 is 0 Å². The van der Waals surface area contributed by atoms with Gasteiger partial charge in [-0.1, -0.05) is 23.0 Å². The summed E-state index contributed by atoms with van der Waals surface area (Å²) in [5, 5.41) is 25.9. The van der Waals surface area contributed by atoms with Crippen molar-refractivity contribution in [3.05, 3.63) is 40.6 Å². The number of benzene rings is 1. The number of hydrogen-bond acceptors (Lipinski definition) is 7. The highest BCUT2D eigenvalue weighted by atomic mass is 32.2. The molecule has 0 spiro atoms. The van der Waals surface area contributed by atoms with Crippen LogP contribution in [0.15, 0.2) is 26.9 Å². The van der Waals surface area contributed by atoms with Crippen molar-refractivity contribution in [1.82, 2.24) is 20.9 Å². The van der Waals surface area contributed by atoms with Crippen molar-refractivity contribution in [2.45, 2.75) is 30.8 Å². The normalized spacial score (nSPS) is 16.3. The van der Waals surface area contributed by atoms with Crippen LogP contribution < -0.4 is 10.6 Å². The van der Waals surface area contributed by atoms with E-state index in [2.05, 4.69) is 26.1 Å². The first-order valence-electron chi connectivity index (χ1n) is 8.16. The summed E-state index contributed by atoms with van der Waals surface area (Å²) in [4.78, 5) is 10.9. The SMILES string of the molecule is CC(=O)NCCSc1nonc1/C(=N\O)NC1CCc2ccc(F)c(F)c21. The third-order valence-electron chi connectivity index (χ3n) is 4.08. The second kappa shape index (κ2) is 8.33. The molecule has 0 radical (unpaired) electrons. The van der Waals surface area contributed by atoms with E-state index in [1.54, 1.807) is 6.07 Å². The summed E-state index contributed by atoms with van der Waals surface area (Å²) in [5.74, 6) is -1.56. The zero-order valence-electron chi connectivity index (χ0n) is 14.3. The van der Waals surface area contributed by atoms with Gasteiger partial charge in [-0.05, 0) is 34.8 Å². The number of aromatic nitrogens is 2. The van der Waals surface area contributed by atoms with Gasteiger partial charge in [0.15, 0.2) is 28.2 Å². The fourth-order valence-electron chi connectivity index (χ4n) is 2.89. The van der Waals surface area contributed by atoms with Crippen LogP contribution in [-0.4, -0.2) is 39.6 Å². The maximum absolute atomic E-state index is 14.2. The minimum absolute atomic E-state index is 0.0558. The van der Waals surface area contributed by atoms with Crippen LogP contribution >= 0.6 is 11.8 Å². The van der Waals surface area contributed by atoms with Crippen LogP contribution in [-0.2, 0) is 11.2 Å². The van der Waals surface area contributed by atoms with Crippen molar-refractivity contribution in [2.75, 3.05) is 12.3 Å². The highest BCUT2D eigenvalue weighted by Gasteiger charge is 2.30. The smallest absolute Gasteiger partial charge is 0.216 e. The van der Waals surface area contributed by atoms with Crippen molar-refractivity contribution in [3.8, 4) is 0 Å². The largest absolute Gasteiger partial charge is 0.409 e. The number of fused-ring (bicyclic) bond motifs is 1. The number of amides is 1. The summed E-state index contributed by atoms with van der Waals surface area (Å²) in [6.45, 7) is 1.82. The first kappa shape index (κ1) is 19.1. The lowest BCUT2D eigenvalue weighted by Crippen LogP contribution is -2.29. The van der Waals surface area contributed by atoms with Crippen LogP contribution in [0.3, 0.4) is 0 Å². The zero-order valence-corrected chi connectivity index (χ0v) is 15.1. The number of oxime groups is 1. The third kappa shape index (κ3) is 4.18. The number of nitrogens with one attached hydrogen (secondary N) is 2. The van der Waals surface area contributed by atoms with E-state index in [1.165, 1.54) is 18.7 Å². The van der Waals surface area contributed by atoms with E-state index in [0.717, 1.165) is 6.07 Å². The van der Waals surface area contributed by atoms with Crippen LogP contribution in [0.5, 0.6) is 0 Å². The van der Waals surface area contributed by atoms with Crippen molar-refractivity contribution < 1.29 is 23.4 Å². The number of carbonyl (C=O) groups excluding carboxylic acids is 1. The third-order valence-corrected chi connectivity index (χ3v) is 5.03. The Kier molecular flexibility index (Phi) is 5.89. The molecule has 0 saturated heterocycles. The Bertz CT molecular complexity index is 874. The number of halogens is 2. The van der Waals surface area contributed by atoms with E-state index < -0.39 is 17.7 Å². The molecule has 1 aliphatic rings. The number of nitrogens with zero attached hydrogens (tertiary/aromatic N) is 3. The van der Waals surface area contributed by atoms with Gasteiger partial charge in [-0.3, -0.25) is 4.79 Å². The molecule has 2 aromatic rings. The lowest BCUT2D eigenvalue weighted by atomic mass is 10.1. The zero-order chi connectivity index (χ0) is 19.4. The molecule has 1 atom stereocenters. The van der Waals surface area contributed by atoms with E-state index in [-0.39, 0.29) is 23.0 Å². The molecular weight excluding hydrogens is 380 g/mol. The second-order valence-corrected chi connectivity index (χ2v) is 6.95. The molecule has 1 amide bonds. The predicted octanol–water partition coefficient (Wildman–Crippen LogP) is 1.99. The van der Waals surface area contributed by atoms with Gasteiger partial charge in [0, 0.05) is 24.8 Å².